The number of aromatic hydroxyl groups is 2. The molecule has 0 aliphatic carbocycles. The second-order valence-electron chi connectivity index (χ2n) is 9.70. The average molecular weight is 601 g/mol. The molecule has 0 saturated carbocycles. The van der Waals surface area contributed by atoms with Gasteiger partial charge in [0.25, 0.3) is 0 Å². The van der Waals surface area contributed by atoms with Crippen molar-refractivity contribution in [2.24, 2.45) is 5.73 Å². The molecule has 3 rings (SSSR count). The van der Waals surface area contributed by atoms with Gasteiger partial charge in [0.2, 0.25) is 29.5 Å². The number of nitrogens with zero attached hydrogens (tertiary/aromatic N) is 1. The number of nitrogens with one attached hydrogen (secondary N) is 4. The Bertz CT molecular complexity index is 1430. The molecule has 4 bridgehead atoms. The number of rotatable bonds is 8. The van der Waals surface area contributed by atoms with Crippen LogP contribution < -0.4 is 27.0 Å². The Morgan fingerprint density at radius 3 is 2.33 bits per heavy atom. The zero-order valence-corrected chi connectivity index (χ0v) is 23.0. The van der Waals surface area contributed by atoms with E-state index in [9.17, 15) is 44.1 Å². The molecule has 0 radical (unpaired) electrons. The summed E-state index contributed by atoms with van der Waals surface area (Å²) in [5.74, 6) is -5.85. The van der Waals surface area contributed by atoms with Crippen LogP contribution in [0.15, 0.2) is 36.4 Å². The molecule has 230 valence electrons. The highest BCUT2D eigenvalue weighted by molar-refractivity contribution is 5.94. The van der Waals surface area contributed by atoms with E-state index in [1.54, 1.807) is 0 Å². The fraction of sp³-hybridized carbons (Fsp3) is 0.333. The lowest BCUT2D eigenvalue weighted by atomic mass is 9.94. The summed E-state index contributed by atoms with van der Waals surface area (Å²) in [4.78, 5) is 75.5. The van der Waals surface area contributed by atoms with Gasteiger partial charge in [-0.3, -0.25) is 24.0 Å². The van der Waals surface area contributed by atoms with E-state index in [1.165, 1.54) is 43.4 Å². The van der Waals surface area contributed by atoms with Crippen LogP contribution in [-0.4, -0.2) is 106 Å². The van der Waals surface area contributed by atoms with Crippen LogP contribution >= 0.6 is 0 Å². The van der Waals surface area contributed by atoms with Gasteiger partial charge in [0.1, 0.15) is 29.6 Å². The number of aliphatic hydroxyl groups is 1. The van der Waals surface area contributed by atoms with Crippen LogP contribution in [0.2, 0.25) is 0 Å². The zero-order valence-electron chi connectivity index (χ0n) is 23.0. The van der Waals surface area contributed by atoms with Crippen molar-refractivity contribution in [2.45, 2.75) is 24.5 Å². The third kappa shape index (κ3) is 8.17. The van der Waals surface area contributed by atoms with Crippen molar-refractivity contribution in [3.8, 4) is 22.6 Å². The second kappa shape index (κ2) is 14.1. The van der Waals surface area contributed by atoms with E-state index in [1.807, 2.05) is 0 Å². The number of phenols is 2. The summed E-state index contributed by atoms with van der Waals surface area (Å²) < 4.78 is 0. The molecule has 2 aromatic rings. The van der Waals surface area contributed by atoms with Crippen LogP contribution in [-0.2, 0) is 35.2 Å². The highest BCUT2D eigenvalue weighted by Gasteiger charge is 2.31. The SMILES string of the molecule is CN(C(=O)CNC(=O)CNC(=O)C(N)CO)C1C(=O)NCC(=O)NC(C(=O)O)Cc2ccc(O)c(c2)-c2cc1ccc2O. The summed E-state index contributed by atoms with van der Waals surface area (Å²) in [5.41, 5.74) is 6.13. The number of carbonyl (C=O) groups is 6. The molecule has 2 aromatic carbocycles. The number of hydrogen-bond donors (Lipinski definition) is 9. The molecule has 0 aromatic heterocycles. The number of nitrogens with two attached hydrogens (primary N) is 1. The quantitative estimate of drug-likeness (QED) is 0.148. The summed E-state index contributed by atoms with van der Waals surface area (Å²) >= 11 is 0. The van der Waals surface area contributed by atoms with Gasteiger partial charge in [-0.1, -0.05) is 12.1 Å². The van der Waals surface area contributed by atoms with Gasteiger partial charge in [-0.25, -0.2) is 4.79 Å². The molecule has 16 heteroatoms. The minimum atomic E-state index is -1.41. The van der Waals surface area contributed by atoms with Crippen LogP contribution in [0.4, 0.5) is 0 Å². The Balaban J connectivity index is 1.93. The van der Waals surface area contributed by atoms with Crippen molar-refractivity contribution >= 4 is 35.5 Å². The summed E-state index contributed by atoms with van der Waals surface area (Å²) in [6, 6.07) is 4.14. The number of aliphatic hydroxyl groups excluding tert-OH is 1. The monoisotopic (exact) mass is 600 g/mol. The topological polar surface area (TPSA) is 261 Å². The molecule has 43 heavy (non-hydrogen) atoms. The van der Waals surface area contributed by atoms with Gasteiger partial charge in [0.05, 0.1) is 26.2 Å². The first-order chi connectivity index (χ1) is 20.3. The number of carboxylic acids is 1. The van der Waals surface area contributed by atoms with Crippen molar-refractivity contribution in [1.82, 2.24) is 26.2 Å². The lowest BCUT2D eigenvalue weighted by molar-refractivity contribution is -0.142. The summed E-state index contributed by atoms with van der Waals surface area (Å²) in [6.07, 6.45) is -0.160. The molecule has 16 nitrogen and oxygen atoms in total. The third-order valence-electron chi connectivity index (χ3n) is 6.61. The molecule has 1 heterocycles. The predicted molar refractivity (Wildman–Crippen MR) is 148 cm³/mol. The Kier molecular flexibility index (Phi) is 10.6. The van der Waals surface area contributed by atoms with E-state index in [-0.39, 0.29) is 34.6 Å². The van der Waals surface area contributed by atoms with Gasteiger partial charge < -0.3 is 52.3 Å². The molecule has 5 amide bonds. The maximum atomic E-state index is 13.4. The van der Waals surface area contributed by atoms with E-state index >= 15 is 0 Å². The fourth-order valence-corrected chi connectivity index (χ4v) is 4.25. The van der Waals surface area contributed by atoms with Crippen LogP contribution in [0.3, 0.4) is 0 Å². The number of aliphatic carboxylic acids is 1. The van der Waals surface area contributed by atoms with Gasteiger partial charge in [0.15, 0.2) is 0 Å². The van der Waals surface area contributed by atoms with Crippen LogP contribution in [0.5, 0.6) is 11.5 Å². The fourth-order valence-electron chi connectivity index (χ4n) is 4.25. The lowest BCUT2D eigenvalue weighted by Gasteiger charge is -2.28. The highest BCUT2D eigenvalue weighted by atomic mass is 16.4. The first kappa shape index (κ1) is 32.3. The standard InChI is InChI=1S/C27H32N6O10/c1-33(23(39)11-29-21(37)9-30-25(40)17(28)12-34)24-14-3-5-20(36)16(8-14)15-6-13(2-4-19(15)35)7-18(27(42)43)32-22(38)10-31-26(24)41/h2-6,8,17-18,24,34-36H,7,9-12,28H2,1H3,(H,29,37)(H,30,40)(H,31,41)(H,32,38)(H,42,43). The minimum Gasteiger partial charge on any atom is -0.507 e. The average Bonchev–Trinajstić information content (AvgIpc) is 2.98. The zero-order chi connectivity index (χ0) is 31.8. The number of fused-ring (bicyclic) bond motifs is 5. The lowest BCUT2D eigenvalue weighted by Crippen LogP contribution is -2.50. The van der Waals surface area contributed by atoms with E-state index < -0.39 is 79.9 Å². The van der Waals surface area contributed by atoms with E-state index in [4.69, 9.17) is 10.8 Å². The number of amides is 5. The number of benzene rings is 2. The molecular weight excluding hydrogens is 568 g/mol. The van der Waals surface area contributed by atoms with Crippen molar-refractivity contribution in [3.63, 3.8) is 0 Å². The molecule has 10 N–H and O–H groups in total. The Hall–Kier alpha value is -5.22. The molecular formula is C27H32N6O10. The van der Waals surface area contributed by atoms with E-state index in [2.05, 4.69) is 21.3 Å². The van der Waals surface area contributed by atoms with Gasteiger partial charge >= 0.3 is 5.97 Å². The summed E-state index contributed by atoms with van der Waals surface area (Å²) in [6.45, 7) is -2.40. The molecule has 1 aliphatic heterocycles. The normalized spacial score (nSPS) is 17.4. The van der Waals surface area contributed by atoms with Crippen molar-refractivity contribution in [3.05, 3.63) is 47.5 Å². The number of phenolic OH excluding ortho intramolecular Hbond substituents is 2. The number of carboxylic acid groups (broad SMARTS) is 1. The minimum absolute atomic E-state index is 0.0774. The first-order valence-electron chi connectivity index (χ1n) is 12.9. The molecule has 0 spiro atoms. The van der Waals surface area contributed by atoms with Crippen molar-refractivity contribution < 1.29 is 49.2 Å². The summed E-state index contributed by atoms with van der Waals surface area (Å²) in [7, 11) is 1.26. The van der Waals surface area contributed by atoms with Crippen molar-refractivity contribution in [2.75, 3.05) is 33.3 Å². The molecule has 3 unspecified atom stereocenters. The number of hydrogen-bond acceptors (Lipinski definition) is 10. The van der Waals surface area contributed by atoms with Gasteiger partial charge in [-0.05, 0) is 35.4 Å². The highest BCUT2D eigenvalue weighted by Crippen LogP contribution is 2.38. The number of carbonyl (C=O) groups excluding carboxylic acids is 5. The smallest absolute Gasteiger partial charge is 0.326 e. The maximum Gasteiger partial charge on any atom is 0.326 e. The van der Waals surface area contributed by atoms with E-state index in [0.717, 1.165) is 4.90 Å². The summed E-state index contributed by atoms with van der Waals surface area (Å²) in [5, 5.41) is 48.9. The molecule has 0 fully saturated rings. The largest absolute Gasteiger partial charge is 0.507 e. The third-order valence-corrected chi connectivity index (χ3v) is 6.61. The number of likely N-dealkylation sites (N-methyl/N-ethyl adjacent to an activating group) is 1. The predicted octanol–water partition coefficient (Wildman–Crippen LogP) is -2.94. The Morgan fingerprint density at radius 1 is 1.02 bits per heavy atom. The second-order valence-corrected chi connectivity index (χ2v) is 9.70. The molecule has 1 aliphatic rings. The van der Waals surface area contributed by atoms with Crippen molar-refractivity contribution in [1.29, 1.82) is 0 Å². The Labute approximate surface area is 244 Å². The van der Waals surface area contributed by atoms with E-state index in [0.29, 0.717) is 5.56 Å². The van der Waals surface area contributed by atoms with Crippen LogP contribution in [0, 0.1) is 0 Å². The van der Waals surface area contributed by atoms with Crippen LogP contribution in [0.1, 0.15) is 17.2 Å². The Morgan fingerprint density at radius 2 is 1.67 bits per heavy atom. The first-order valence-corrected chi connectivity index (χ1v) is 12.9. The van der Waals surface area contributed by atoms with Gasteiger partial charge in [0, 0.05) is 24.6 Å². The maximum absolute atomic E-state index is 13.4. The van der Waals surface area contributed by atoms with Gasteiger partial charge in [-0.2, -0.15) is 0 Å². The van der Waals surface area contributed by atoms with Gasteiger partial charge in [-0.15, -0.1) is 0 Å². The molecule has 0 saturated heterocycles. The van der Waals surface area contributed by atoms with Crippen LogP contribution in [0.25, 0.3) is 11.1 Å². The molecule has 3 atom stereocenters.